The summed E-state index contributed by atoms with van der Waals surface area (Å²) < 4.78 is 38.8. The number of H-pyrrole nitrogens is 1. The van der Waals surface area contributed by atoms with Crippen LogP contribution in [-0.4, -0.2) is 32.5 Å². The minimum atomic E-state index is -5.11. The molecule has 0 aliphatic heterocycles. The molecule has 1 amide bonds. The van der Waals surface area contributed by atoms with Crippen molar-refractivity contribution in [3.63, 3.8) is 0 Å². The van der Waals surface area contributed by atoms with Gasteiger partial charge >= 0.3 is 17.8 Å². The molecule has 166 valence electrons. The minimum absolute atomic E-state index is 0.0119. The first-order chi connectivity index (χ1) is 15.1. The van der Waals surface area contributed by atoms with Crippen LogP contribution in [0.3, 0.4) is 0 Å². The molecule has 2 aromatic carbocycles. The lowest BCUT2D eigenvalue weighted by molar-refractivity contribution is -0.167. The molecule has 0 aliphatic rings. The zero-order valence-electron chi connectivity index (χ0n) is 16.6. The minimum Gasteiger partial charge on any atom is -0.493 e. The highest BCUT2D eigenvalue weighted by Crippen LogP contribution is 2.29. The molecule has 3 N–H and O–H groups in total. The average Bonchev–Trinajstić information content (AvgIpc) is 2.74. The van der Waals surface area contributed by atoms with Crippen molar-refractivity contribution in [2.75, 3.05) is 5.32 Å². The highest BCUT2D eigenvalue weighted by molar-refractivity contribution is 6.05. The third-order valence-electron chi connectivity index (χ3n) is 4.39. The number of aromatic amines is 1. The fourth-order valence-electron chi connectivity index (χ4n) is 2.93. The SMILES string of the molecule is CCC(=Nc1ccccc1NC(=O)C(F)(F)F)c1c(O)n(-c2ccccc2)c(=O)[nH]c1=O. The number of benzene rings is 2. The molecule has 3 aromatic rings. The van der Waals surface area contributed by atoms with Gasteiger partial charge in [-0.05, 0) is 30.7 Å². The molecule has 0 spiro atoms. The summed E-state index contributed by atoms with van der Waals surface area (Å²) in [7, 11) is 0. The molecule has 32 heavy (non-hydrogen) atoms. The van der Waals surface area contributed by atoms with E-state index in [1.54, 1.807) is 30.4 Å². The van der Waals surface area contributed by atoms with E-state index >= 15 is 0 Å². The molecule has 3 rings (SSSR count). The summed E-state index contributed by atoms with van der Waals surface area (Å²) >= 11 is 0. The van der Waals surface area contributed by atoms with E-state index in [9.17, 15) is 32.7 Å². The van der Waals surface area contributed by atoms with Crippen LogP contribution in [0.4, 0.5) is 24.5 Å². The fourth-order valence-corrected chi connectivity index (χ4v) is 2.93. The van der Waals surface area contributed by atoms with Crippen LogP contribution in [0.25, 0.3) is 5.69 Å². The Balaban J connectivity index is 2.16. The number of para-hydroxylation sites is 3. The van der Waals surface area contributed by atoms with Gasteiger partial charge in [-0.25, -0.2) is 9.36 Å². The number of halogens is 3. The number of anilines is 1. The molecule has 11 heteroatoms. The molecule has 0 saturated carbocycles. The second-order valence-electron chi connectivity index (χ2n) is 6.51. The zero-order chi connectivity index (χ0) is 23.5. The van der Waals surface area contributed by atoms with Crippen molar-refractivity contribution >= 4 is 23.0 Å². The predicted octanol–water partition coefficient (Wildman–Crippen LogP) is 3.26. The number of aromatic nitrogens is 2. The normalized spacial score (nSPS) is 11.9. The summed E-state index contributed by atoms with van der Waals surface area (Å²) in [5.74, 6) is -2.86. The van der Waals surface area contributed by atoms with Crippen LogP contribution in [0.2, 0.25) is 0 Å². The van der Waals surface area contributed by atoms with Gasteiger partial charge in [-0.3, -0.25) is 19.6 Å². The van der Waals surface area contributed by atoms with Crippen LogP contribution in [-0.2, 0) is 4.79 Å². The van der Waals surface area contributed by atoms with Crippen molar-refractivity contribution in [2.24, 2.45) is 4.99 Å². The standard InChI is InChI=1S/C21H17F3N4O4/c1-2-13(25-14-10-6-7-11-15(14)26-19(31)21(22,23)24)16-17(29)27-20(32)28(18(16)30)12-8-4-3-5-9-12/h3-11,30H,2H2,1H3,(H,26,31)(H,27,29,32). The number of carbonyl (C=O) groups is 1. The maximum atomic E-state index is 12.7. The third-order valence-corrected chi connectivity index (χ3v) is 4.39. The number of nitrogens with one attached hydrogen (secondary N) is 2. The van der Waals surface area contributed by atoms with E-state index in [-0.39, 0.29) is 34.8 Å². The number of amides is 1. The lowest BCUT2D eigenvalue weighted by Gasteiger charge is -2.14. The third kappa shape index (κ3) is 4.61. The van der Waals surface area contributed by atoms with Gasteiger partial charge in [0.1, 0.15) is 5.56 Å². The number of alkyl halides is 3. The van der Waals surface area contributed by atoms with Crippen LogP contribution >= 0.6 is 0 Å². The highest BCUT2D eigenvalue weighted by Gasteiger charge is 2.39. The average molecular weight is 446 g/mol. The molecule has 0 fully saturated rings. The summed E-state index contributed by atoms with van der Waals surface area (Å²) in [6.07, 6.45) is -5.03. The molecular weight excluding hydrogens is 429 g/mol. The number of rotatable bonds is 5. The number of aliphatic imine (C=N–C) groups is 1. The summed E-state index contributed by atoms with van der Waals surface area (Å²) in [6.45, 7) is 1.60. The molecular formula is C21H17F3N4O4. The molecule has 0 aliphatic carbocycles. The number of nitrogens with zero attached hydrogens (tertiary/aromatic N) is 2. The van der Waals surface area contributed by atoms with E-state index < -0.39 is 29.2 Å². The van der Waals surface area contributed by atoms with E-state index in [1.165, 1.54) is 36.4 Å². The summed E-state index contributed by atoms with van der Waals surface area (Å²) in [6, 6.07) is 13.4. The van der Waals surface area contributed by atoms with Crippen LogP contribution in [0.5, 0.6) is 5.88 Å². The number of aromatic hydroxyl groups is 1. The molecule has 0 atom stereocenters. The predicted molar refractivity (Wildman–Crippen MR) is 112 cm³/mol. The van der Waals surface area contributed by atoms with Crippen LogP contribution in [0, 0.1) is 0 Å². The highest BCUT2D eigenvalue weighted by atomic mass is 19.4. The summed E-state index contributed by atoms with van der Waals surface area (Å²) in [4.78, 5) is 42.5. The van der Waals surface area contributed by atoms with E-state index in [0.717, 1.165) is 4.57 Å². The number of hydrogen-bond donors (Lipinski definition) is 3. The van der Waals surface area contributed by atoms with Crippen LogP contribution in [0.1, 0.15) is 18.9 Å². The van der Waals surface area contributed by atoms with Crippen molar-refractivity contribution in [3.05, 3.63) is 81.0 Å². The Morgan fingerprint density at radius 1 is 1.09 bits per heavy atom. The van der Waals surface area contributed by atoms with Crippen molar-refractivity contribution in [2.45, 2.75) is 19.5 Å². The maximum Gasteiger partial charge on any atom is 0.471 e. The Morgan fingerprint density at radius 3 is 2.34 bits per heavy atom. The number of carbonyl (C=O) groups excluding carboxylic acids is 1. The molecule has 0 bridgehead atoms. The maximum absolute atomic E-state index is 12.7. The summed E-state index contributed by atoms with van der Waals surface area (Å²) in [5.41, 5.74) is -2.17. The van der Waals surface area contributed by atoms with Gasteiger partial charge < -0.3 is 10.4 Å². The Kier molecular flexibility index (Phi) is 6.28. The molecule has 8 nitrogen and oxygen atoms in total. The zero-order valence-corrected chi connectivity index (χ0v) is 16.6. The van der Waals surface area contributed by atoms with Gasteiger partial charge in [0, 0.05) is 0 Å². The smallest absolute Gasteiger partial charge is 0.471 e. The first-order valence-electron chi connectivity index (χ1n) is 9.32. The van der Waals surface area contributed by atoms with Crippen molar-refractivity contribution in [3.8, 4) is 11.6 Å². The Hall–Kier alpha value is -4.15. The quantitative estimate of drug-likeness (QED) is 0.522. The van der Waals surface area contributed by atoms with Gasteiger partial charge in [0.2, 0.25) is 5.88 Å². The van der Waals surface area contributed by atoms with E-state index in [4.69, 9.17) is 0 Å². The largest absolute Gasteiger partial charge is 0.493 e. The van der Waals surface area contributed by atoms with E-state index in [2.05, 4.69) is 9.98 Å². The second kappa shape index (κ2) is 8.92. The van der Waals surface area contributed by atoms with E-state index in [1.807, 2.05) is 0 Å². The van der Waals surface area contributed by atoms with Gasteiger partial charge in [-0.2, -0.15) is 13.2 Å². The molecule has 0 unspecified atom stereocenters. The molecule has 1 heterocycles. The van der Waals surface area contributed by atoms with Gasteiger partial charge in [0.25, 0.3) is 5.56 Å². The second-order valence-corrected chi connectivity index (χ2v) is 6.51. The lowest BCUT2D eigenvalue weighted by Crippen LogP contribution is -2.33. The van der Waals surface area contributed by atoms with Crippen LogP contribution < -0.4 is 16.6 Å². The monoisotopic (exact) mass is 446 g/mol. The number of hydrogen-bond acceptors (Lipinski definition) is 5. The van der Waals surface area contributed by atoms with Gasteiger partial charge in [-0.1, -0.05) is 37.3 Å². The fraction of sp³-hybridized carbons (Fsp3) is 0.143. The Morgan fingerprint density at radius 2 is 1.72 bits per heavy atom. The van der Waals surface area contributed by atoms with Crippen LogP contribution in [0.15, 0.2) is 69.2 Å². The molecule has 1 aromatic heterocycles. The topological polar surface area (TPSA) is 117 Å². The van der Waals surface area contributed by atoms with E-state index in [0.29, 0.717) is 0 Å². The van der Waals surface area contributed by atoms with Gasteiger partial charge in [0.15, 0.2) is 0 Å². The van der Waals surface area contributed by atoms with Gasteiger partial charge in [0.05, 0.1) is 22.8 Å². The molecule has 0 radical (unpaired) electrons. The lowest BCUT2D eigenvalue weighted by atomic mass is 10.1. The van der Waals surface area contributed by atoms with Crippen molar-refractivity contribution in [1.29, 1.82) is 0 Å². The van der Waals surface area contributed by atoms with Crippen molar-refractivity contribution < 1.29 is 23.1 Å². The Labute approximate surface area is 178 Å². The molecule has 0 saturated heterocycles. The van der Waals surface area contributed by atoms with Crippen molar-refractivity contribution in [1.82, 2.24) is 9.55 Å². The van der Waals surface area contributed by atoms with Gasteiger partial charge in [-0.15, -0.1) is 0 Å². The summed E-state index contributed by atoms with van der Waals surface area (Å²) in [5, 5.41) is 12.5. The Bertz CT molecular complexity index is 1290. The first-order valence-corrected chi connectivity index (χ1v) is 9.32. The first kappa shape index (κ1) is 22.5.